The third kappa shape index (κ3) is 7.96. The summed E-state index contributed by atoms with van der Waals surface area (Å²) in [6, 6.07) is 2.09. The predicted octanol–water partition coefficient (Wildman–Crippen LogP) is 6.18. The lowest BCUT2D eigenvalue weighted by atomic mass is 9.85. The Hall–Kier alpha value is -4.29. The first kappa shape index (κ1) is 36.0. The number of benzene rings is 1. The Kier molecular flexibility index (Phi) is 11.7. The number of esters is 1. The standard InChI is InChI=1S/C36H46F2N4O7/c1-4-5-6-7-8-9-10-11-12-13-30(43)48-33-31-35(46)41-22-28(36(17-16-23(41)2)19-29(47-3)40-49-36)42(31)21-26(32(33)44)34(45)39-20-24-14-15-25(37)18-27(24)38/h14-15,18,21,23,28H,4-13,16-17,19-20,22H2,1-3H3,(H,39,45)/t23-,28+,36-/m0/s1. The number of nitrogens with zero attached hydrogens (tertiary/aromatic N) is 3. The SMILES string of the molecule is CCCCCCCCCCCC(=O)Oc1c2n(cc(C(=O)NCc3ccc(F)cc3F)c1=O)[C@@H]1CN(C2=O)[C@@H](C)CC[C@]12CC(OC)=NO2. The van der Waals surface area contributed by atoms with Crippen LogP contribution in [0.2, 0.25) is 0 Å². The normalized spacial score (nSPS) is 21.1. The average Bonchev–Trinajstić information content (AvgIpc) is 3.46. The zero-order chi connectivity index (χ0) is 35.1. The number of oxime groups is 1. The fraction of sp³-hybridized carbons (Fsp3) is 0.583. The van der Waals surface area contributed by atoms with Gasteiger partial charge in [0.05, 0.1) is 19.6 Å². The van der Waals surface area contributed by atoms with Crippen molar-refractivity contribution >= 4 is 23.7 Å². The number of hydrogen-bond acceptors (Lipinski definition) is 8. The van der Waals surface area contributed by atoms with Gasteiger partial charge >= 0.3 is 5.97 Å². The number of carbonyl (C=O) groups is 3. The van der Waals surface area contributed by atoms with Gasteiger partial charge in [0.2, 0.25) is 17.1 Å². The molecule has 11 nitrogen and oxygen atoms in total. The molecule has 2 bridgehead atoms. The molecule has 1 saturated heterocycles. The molecular weight excluding hydrogens is 638 g/mol. The van der Waals surface area contributed by atoms with Crippen molar-refractivity contribution in [1.29, 1.82) is 0 Å². The Bertz CT molecular complexity index is 1640. The first-order valence-corrected chi connectivity index (χ1v) is 17.4. The van der Waals surface area contributed by atoms with Gasteiger partial charge in [0.1, 0.15) is 17.2 Å². The molecule has 49 heavy (non-hydrogen) atoms. The molecule has 0 unspecified atom stereocenters. The lowest BCUT2D eigenvalue weighted by Gasteiger charge is -2.41. The minimum absolute atomic E-state index is 0.00607. The summed E-state index contributed by atoms with van der Waals surface area (Å²) in [5, 5.41) is 6.64. The Morgan fingerprint density at radius 2 is 1.80 bits per heavy atom. The summed E-state index contributed by atoms with van der Waals surface area (Å²) < 4.78 is 40.4. The van der Waals surface area contributed by atoms with Crippen LogP contribution in [-0.4, -0.2) is 58.4 Å². The van der Waals surface area contributed by atoms with Gasteiger partial charge in [-0.25, -0.2) is 8.78 Å². The highest BCUT2D eigenvalue weighted by Gasteiger charge is 2.55. The van der Waals surface area contributed by atoms with Crippen molar-refractivity contribution in [3.05, 3.63) is 63.1 Å². The van der Waals surface area contributed by atoms with Crippen LogP contribution in [0.3, 0.4) is 0 Å². The Labute approximate surface area is 285 Å². The monoisotopic (exact) mass is 684 g/mol. The molecule has 5 rings (SSSR count). The van der Waals surface area contributed by atoms with Crippen molar-refractivity contribution in [2.75, 3.05) is 13.7 Å². The summed E-state index contributed by atoms with van der Waals surface area (Å²) in [5.74, 6) is -3.86. The average molecular weight is 685 g/mol. The number of nitrogens with one attached hydrogen (secondary N) is 1. The minimum Gasteiger partial charge on any atom is -0.482 e. The van der Waals surface area contributed by atoms with E-state index >= 15 is 0 Å². The van der Waals surface area contributed by atoms with Gasteiger partial charge in [-0.3, -0.25) is 19.2 Å². The molecule has 266 valence electrons. The quantitative estimate of drug-likeness (QED) is 0.186. The zero-order valence-electron chi connectivity index (χ0n) is 28.5. The second-order valence-electron chi connectivity index (χ2n) is 13.3. The van der Waals surface area contributed by atoms with Gasteiger partial charge in [-0.05, 0) is 32.3 Å². The minimum atomic E-state index is -0.971. The second-order valence-corrected chi connectivity index (χ2v) is 13.3. The summed E-state index contributed by atoms with van der Waals surface area (Å²) in [6.45, 7) is 3.93. The van der Waals surface area contributed by atoms with Gasteiger partial charge in [0, 0.05) is 43.4 Å². The van der Waals surface area contributed by atoms with Crippen LogP contribution in [0.5, 0.6) is 5.75 Å². The highest BCUT2D eigenvalue weighted by molar-refractivity contribution is 6.00. The molecule has 2 aromatic rings. The van der Waals surface area contributed by atoms with Gasteiger partial charge < -0.3 is 29.1 Å². The van der Waals surface area contributed by atoms with Crippen molar-refractivity contribution in [3.63, 3.8) is 0 Å². The third-order valence-electron chi connectivity index (χ3n) is 9.90. The first-order valence-electron chi connectivity index (χ1n) is 17.4. The van der Waals surface area contributed by atoms with Crippen LogP contribution in [-0.2, 0) is 20.9 Å². The van der Waals surface area contributed by atoms with Crippen molar-refractivity contribution in [2.24, 2.45) is 5.16 Å². The summed E-state index contributed by atoms with van der Waals surface area (Å²) >= 11 is 0. The molecule has 4 heterocycles. The number of pyridine rings is 1. The maximum absolute atomic E-state index is 14.3. The van der Waals surface area contributed by atoms with E-state index in [1.54, 1.807) is 4.90 Å². The molecule has 1 fully saturated rings. The van der Waals surface area contributed by atoms with E-state index in [9.17, 15) is 28.0 Å². The van der Waals surface area contributed by atoms with E-state index in [1.807, 2.05) is 6.92 Å². The Morgan fingerprint density at radius 1 is 1.08 bits per heavy atom. The van der Waals surface area contributed by atoms with E-state index in [-0.39, 0.29) is 43.2 Å². The molecule has 1 aromatic carbocycles. The molecule has 3 atom stereocenters. The van der Waals surface area contributed by atoms with Crippen LogP contribution >= 0.6 is 0 Å². The third-order valence-corrected chi connectivity index (χ3v) is 9.90. The summed E-state index contributed by atoms with van der Waals surface area (Å²) in [4.78, 5) is 62.5. The van der Waals surface area contributed by atoms with E-state index in [1.165, 1.54) is 49.6 Å². The van der Waals surface area contributed by atoms with Crippen LogP contribution in [0.25, 0.3) is 0 Å². The number of amides is 2. The molecular formula is C36H46F2N4O7. The van der Waals surface area contributed by atoms with Crippen LogP contribution in [0.1, 0.15) is 130 Å². The zero-order valence-corrected chi connectivity index (χ0v) is 28.5. The second kappa shape index (κ2) is 15.9. The fourth-order valence-electron chi connectivity index (χ4n) is 6.95. The Balaban J connectivity index is 1.44. The predicted molar refractivity (Wildman–Crippen MR) is 177 cm³/mol. The van der Waals surface area contributed by atoms with E-state index < -0.39 is 57.8 Å². The van der Waals surface area contributed by atoms with Crippen molar-refractivity contribution < 1.29 is 37.5 Å². The fourth-order valence-corrected chi connectivity index (χ4v) is 6.95. The summed E-state index contributed by atoms with van der Waals surface area (Å²) in [6.07, 6.45) is 12.1. The van der Waals surface area contributed by atoms with E-state index in [0.717, 1.165) is 31.7 Å². The number of methoxy groups -OCH3 is 1. The molecule has 2 amide bonds. The van der Waals surface area contributed by atoms with E-state index in [2.05, 4.69) is 17.4 Å². The number of rotatable bonds is 14. The largest absolute Gasteiger partial charge is 0.482 e. The molecule has 1 spiro atoms. The molecule has 3 aliphatic rings. The number of hydrogen-bond donors (Lipinski definition) is 1. The molecule has 1 aromatic heterocycles. The van der Waals surface area contributed by atoms with Crippen molar-refractivity contribution in [2.45, 2.75) is 122 Å². The molecule has 0 saturated carbocycles. The molecule has 3 aliphatic heterocycles. The van der Waals surface area contributed by atoms with Crippen LogP contribution in [0.4, 0.5) is 8.78 Å². The Morgan fingerprint density at radius 3 is 2.47 bits per heavy atom. The smallest absolute Gasteiger partial charge is 0.311 e. The lowest BCUT2D eigenvalue weighted by Crippen LogP contribution is -2.52. The van der Waals surface area contributed by atoms with Crippen LogP contribution < -0.4 is 15.5 Å². The van der Waals surface area contributed by atoms with Crippen molar-refractivity contribution in [1.82, 2.24) is 14.8 Å². The van der Waals surface area contributed by atoms with Crippen LogP contribution in [0, 0.1) is 11.6 Å². The first-order chi connectivity index (χ1) is 23.6. The van der Waals surface area contributed by atoms with Gasteiger partial charge in [-0.2, -0.15) is 0 Å². The van der Waals surface area contributed by atoms with E-state index in [0.29, 0.717) is 31.2 Å². The molecule has 0 aliphatic carbocycles. The highest BCUT2D eigenvalue weighted by Crippen LogP contribution is 2.46. The number of ether oxygens (including phenoxy) is 2. The maximum Gasteiger partial charge on any atom is 0.311 e. The molecule has 1 N–H and O–H groups in total. The number of unbranched alkanes of at least 4 members (excludes halogenated alkanes) is 8. The lowest BCUT2D eigenvalue weighted by molar-refractivity contribution is -0.134. The summed E-state index contributed by atoms with van der Waals surface area (Å²) in [5.41, 5.74) is -2.46. The topological polar surface area (TPSA) is 129 Å². The number of carbonyl (C=O) groups excluding carboxylic acids is 3. The van der Waals surface area contributed by atoms with Gasteiger partial charge in [-0.1, -0.05) is 69.5 Å². The van der Waals surface area contributed by atoms with Gasteiger partial charge in [0.25, 0.3) is 11.8 Å². The number of fused-ring (bicyclic) bond motifs is 5. The van der Waals surface area contributed by atoms with E-state index in [4.69, 9.17) is 14.3 Å². The summed E-state index contributed by atoms with van der Waals surface area (Å²) in [7, 11) is 1.49. The number of aromatic nitrogens is 1. The van der Waals surface area contributed by atoms with Crippen LogP contribution in [0.15, 0.2) is 34.3 Å². The van der Waals surface area contributed by atoms with Gasteiger partial charge in [-0.15, -0.1) is 0 Å². The van der Waals surface area contributed by atoms with Crippen molar-refractivity contribution in [3.8, 4) is 5.75 Å². The number of halogens is 2. The maximum atomic E-state index is 14.3. The van der Waals surface area contributed by atoms with Gasteiger partial charge in [0.15, 0.2) is 11.3 Å². The molecule has 0 radical (unpaired) electrons. The highest BCUT2D eigenvalue weighted by atomic mass is 19.1. The molecule has 13 heteroatoms.